The van der Waals surface area contributed by atoms with Crippen LogP contribution < -0.4 is 10.1 Å². The van der Waals surface area contributed by atoms with Crippen LogP contribution in [0.1, 0.15) is 12.7 Å². The average Bonchev–Trinajstić information content (AvgIpc) is 3.35. The van der Waals surface area contributed by atoms with Gasteiger partial charge in [-0.15, -0.1) is 24.0 Å². The molecule has 1 aromatic heterocycles. The summed E-state index contributed by atoms with van der Waals surface area (Å²) in [5.41, 5.74) is 0.905. The normalized spacial score (nSPS) is 18.9. The average molecular weight is 514 g/mol. The van der Waals surface area contributed by atoms with Crippen LogP contribution in [0, 0.1) is 11.8 Å². The van der Waals surface area contributed by atoms with Crippen molar-refractivity contribution in [3.05, 3.63) is 30.1 Å². The molecule has 2 atom stereocenters. The lowest BCUT2D eigenvalue weighted by atomic mass is 9.99. The molecule has 1 saturated heterocycles. The molecule has 10 heteroatoms. The van der Waals surface area contributed by atoms with Gasteiger partial charge < -0.3 is 19.7 Å². The lowest BCUT2D eigenvalue weighted by molar-refractivity contribution is -0.145. The summed E-state index contributed by atoms with van der Waals surface area (Å²) in [7, 11) is 4.78. The number of carbonyl (C=O) groups excluding carboxylic acids is 1. The number of nitrogens with one attached hydrogen (secondary N) is 2. The summed E-state index contributed by atoms with van der Waals surface area (Å²) < 4.78 is 10.1. The number of guanidine groups is 1. The third-order valence-electron chi connectivity index (χ3n) is 4.92. The number of halogens is 1. The molecule has 0 saturated carbocycles. The highest BCUT2D eigenvalue weighted by Gasteiger charge is 2.36. The quantitative estimate of drug-likeness (QED) is 0.272. The van der Waals surface area contributed by atoms with Crippen molar-refractivity contribution in [3.63, 3.8) is 0 Å². The number of carbonyl (C=O) groups is 1. The van der Waals surface area contributed by atoms with Crippen LogP contribution in [0.25, 0.3) is 11.4 Å². The van der Waals surface area contributed by atoms with Crippen molar-refractivity contribution in [2.45, 2.75) is 13.5 Å². The van der Waals surface area contributed by atoms with Gasteiger partial charge in [0.1, 0.15) is 11.6 Å². The van der Waals surface area contributed by atoms with Gasteiger partial charge in [0, 0.05) is 25.7 Å². The molecular formula is C19H27IN6O3. The van der Waals surface area contributed by atoms with Crippen molar-refractivity contribution < 1.29 is 14.3 Å². The Hall–Kier alpha value is -2.37. The van der Waals surface area contributed by atoms with Crippen LogP contribution in [0.15, 0.2) is 29.3 Å². The van der Waals surface area contributed by atoms with Gasteiger partial charge >= 0.3 is 5.97 Å². The smallest absolute Gasteiger partial charge is 0.310 e. The number of methoxy groups -OCH3 is 2. The second-order valence-corrected chi connectivity index (χ2v) is 6.75. The minimum atomic E-state index is -0.176. The Bertz CT molecular complexity index is 839. The molecule has 0 amide bonds. The van der Waals surface area contributed by atoms with E-state index in [0.717, 1.165) is 23.8 Å². The molecule has 2 heterocycles. The molecule has 1 aromatic carbocycles. The maximum Gasteiger partial charge on any atom is 0.310 e. The van der Waals surface area contributed by atoms with E-state index in [-0.39, 0.29) is 41.8 Å². The van der Waals surface area contributed by atoms with Crippen LogP contribution in [0.4, 0.5) is 0 Å². The van der Waals surface area contributed by atoms with Gasteiger partial charge in [0.2, 0.25) is 0 Å². The van der Waals surface area contributed by atoms with Gasteiger partial charge in [0.25, 0.3) is 0 Å². The molecule has 1 fully saturated rings. The van der Waals surface area contributed by atoms with Crippen molar-refractivity contribution in [1.29, 1.82) is 0 Å². The molecule has 0 bridgehead atoms. The number of H-pyrrole nitrogens is 1. The first-order chi connectivity index (χ1) is 13.5. The Balaban J connectivity index is 0.00000300. The maximum atomic E-state index is 11.9. The molecule has 1 aliphatic heterocycles. The van der Waals surface area contributed by atoms with Gasteiger partial charge in [0.05, 0.1) is 26.7 Å². The molecule has 29 heavy (non-hydrogen) atoms. The highest BCUT2D eigenvalue weighted by atomic mass is 127. The van der Waals surface area contributed by atoms with Crippen LogP contribution in [0.3, 0.4) is 0 Å². The first-order valence-electron chi connectivity index (χ1n) is 9.14. The minimum Gasteiger partial charge on any atom is -0.497 e. The van der Waals surface area contributed by atoms with Crippen molar-refractivity contribution in [3.8, 4) is 17.1 Å². The molecule has 3 rings (SSSR count). The van der Waals surface area contributed by atoms with E-state index in [4.69, 9.17) is 9.47 Å². The van der Waals surface area contributed by atoms with Crippen LogP contribution in [-0.2, 0) is 16.1 Å². The third-order valence-corrected chi connectivity index (χ3v) is 4.92. The summed E-state index contributed by atoms with van der Waals surface area (Å²) in [6.07, 6.45) is 0. The highest BCUT2D eigenvalue weighted by molar-refractivity contribution is 14.0. The number of aromatic nitrogens is 3. The van der Waals surface area contributed by atoms with E-state index in [9.17, 15) is 4.79 Å². The first-order valence-corrected chi connectivity index (χ1v) is 9.14. The van der Waals surface area contributed by atoms with Crippen molar-refractivity contribution in [2.75, 3.05) is 34.4 Å². The predicted molar refractivity (Wildman–Crippen MR) is 120 cm³/mol. The summed E-state index contributed by atoms with van der Waals surface area (Å²) in [4.78, 5) is 22.8. The Morgan fingerprint density at radius 3 is 2.66 bits per heavy atom. The number of aliphatic imine (C=N–C) groups is 1. The topological polar surface area (TPSA) is 105 Å². The zero-order valence-electron chi connectivity index (χ0n) is 17.0. The SMILES string of the molecule is CN=C(NCc1nc(-c2ccc(OC)cc2)n[nH]1)N1CC(C)C(C(=O)OC)C1.I. The monoisotopic (exact) mass is 514 g/mol. The Morgan fingerprint density at radius 2 is 2.03 bits per heavy atom. The van der Waals surface area contributed by atoms with Crippen LogP contribution in [0.5, 0.6) is 5.75 Å². The summed E-state index contributed by atoms with van der Waals surface area (Å²) >= 11 is 0. The van der Waals surface area contributed by atoms with Crippen LogP contribution >= 0.6 is 24.0 Å². The van der Waals surface area contributed by atoms with Gasteiger partial charge in [-0.3, -0.25) is 14.9 Å². The van der Waals surface area contributed by atoms with Crippen molar-refractivity contribution in [1.82, 2.24) is 25.4 Å². The number of rotatable bonds is 5. The fourth-order valence-corrected chi connectivity index (χ4v) is 3.34. The van der Waals surface area contributed by atoms with Crippen LogP contribution in [0.2, 0.25) is 0 Å². The molecule has 158 valence electrons. The number of hydrogen-bond donors (Lipinski definition) is 2. The third kappa shape index (κ3) is 5.37. The van der Waals surface area contributed by atoms with Crippen molar-refractivity contribution >= 4 is 35.9 Å². The summed E-state index contributed by atoms with van der Waals surface area (Å²) in [5, 5.41) is 10.5. The van der Waals surface area contributed by atoms with Gasteiger partial charge in [0.15, 0.2) is 11.8 Å². The standard InChI is InChI=1S/C19H26N6O3.HI/c1-12-10-25(11-15(12)18(26)28-4)19(20-2)21-9-16-22-17(24-23-16)13-5-7-14(27-3)8-6-13;/h5-8,12,15H,9-11H2,1-4H3,(H,20,21)(H,22,23,24);1H. The number of nitrogens with zero attached hydrogens (tertiary/aromatic N) is 4. The lowest BCUT2D eigenvalue weighted by Gasteiger charge is -2.21. The Labute approximate surface area is 187 Å². The number of esters is 1. The molecule has 0 radical (unpaired) electrons. The maximum absolute atomic E-state index is 11.9. The van der Waals surface area contributed by atoms with E-state index < -0.39 is 0 Å². The zero-order valence-corrected chi connectivity index (χ0v) is 19.3. The number of benzene rings is 1. The van der Waals surface area contributed by atoms with Crippen molar-refractivity contribution in [2.24, 2.45) is 16.8 Å². The second kappa shape index (κ2) is 10.4. The molecule has 1 aliphatic rings. The molecule has 0 spiro atoms. The fourth-order valence-electron chi connectivity index (χ4n) is 3.34. The van der Waals surface area contributed by atoms with E-state index in [1.54, 1.807) is 14.2 Å². The number of hydrogen-bond acceptors (Lipinski definition) is 6. The van der Waals surface area contributed by atoms with Gasteiger partial charge in [-0.25, -0.2) is 4.98 Å². The fraction of sp³-hybridized carbons (Fsp3) is 0.474. The zero-order chi connectivity index (χ0) is 20.1. The van der Waals surface area contributed by atoms with E-state index in [1.807, 2.05) is 31.2 Å². The minimum absolute atomic E-state index is 0. The number of likely N-dealkylation sites (tertiary alicyclic amines) is 1. The molecule has 9 nitrogen and oxygen atoms in total. The first kappa shape index (κ1) is 22.9. The van der Waals surface area contributed by atoms with E-state index in [0.29, 0.717) is 24.7 Å². The largest absolute Gasteiger partial charge is 0.497 e. The Kier molecular flexibility index (Phi) is 8.23. The van der Waals surface area contributed by atoms with Gasteiger partial charge in [-0.2, -0.15) is 5.10 Å². The molecule has 2 unspecified atom stereocenters. The number of aromatic amines is 1. The van der Waals surface area contributed by atoms with E-state index >= 15 is 0 Å². The number of ether oxygens (including phenoxy) is 2. The molecular weight excluding hydrogens is 487 g/mol. The van der Waals surface area contributed by atoms with Gasteiger partial charge in [-0.05, 0) is 30.2 Å². The summed E-state index contributed by atoms with van der Waals surface area (Å²) in [6, 6.07) is 7.57. The molecule has 2 aromatic rings. The second-order valence-electron chi connectivity index (χ2n) is 6.75. The molecule has 2 N–H and O–H groups in total. The van der Waals surface area contributed by atoms with E-state index in [1.165, 1.54) is 7.11 Å². The summed E-state index contributed by atoms with van der Waals surface area (Å²) in [5.74, 6) is 2.72. The Morgan fingerprint density at radius 1 is 1.31 bits per heavy atom. The van der Waals surface area contributed by atoms with E-state index in [2.05, 4.69) is 30.4 Å². The van der Waals surface area contributed by atoms with Gasteiger partial charge in [-0.1, -0.05) is 6.92 Å². The highest BCUT2D eigenvalue weighted by Crippen LogP contribution is 2.24. The van der Waals surface area contributed by atoms with Crippen LogP contribution in [-0.4, -0.2) is 66.4 Å². The molecule has 0 aliphatic carbocycles. The lowest BCUT2D eigenvalue weighted by Crippen LogP contribution is -2.40. The summed E-state index contributed by atoms with van der Waals surface area (Å²) in [6.45, 7) is 3.82. The predicted octanol–water partition coefficient (Wildman–Crippen LogP) is 1.91.